The lowest BCUT2D eigenvalue weighted by Crippen LogP contribution is -2.32. The number of fused-ring (bicyclic) bond motifs is 5. The van der Waals surface area contributed by atoms with Crippen molar-refractivity contribution in [2.24, 2.45) is 23.7 Å². The van der Waals surface area contributed by atoms with Crippen LogP contribution in [0.25, 0.3) is 0 Å². The molecule has 2 fully saturated rings. The van der Waals surface area contributed by atoms with Gasteiger partial charge in [-0.1, -0.05) is 30.4 Å². The van der Waals surface area contributed by atoms with E-state index in [0.717, 1.165) is 6.42 Å². The number of hydrogen-bond acceptors (Lipinski definition) is 2. The van der Waals surface area contributed by atoms with Gasteiger partial charge in [-0.05, 0) is 30.4 Å². The Labute approximate surface area is 105 Å². The highest BCUT2D eigenvalue weighted by atomic mass is 16.2. The van der Waals surface area contributed by atoms with E-state index in [9.17, 15) is 9.59 Å². The summed E-state index contributed by atoms with van der Waals surface area (Å²) in [6, 6.07) is 9.26. The monoisotopic (exact) mass is 239 g/mol. The van der Waals surface area contributed by atoms with Gasteiger partial charge >= 0.3 is 0 Å². The number of amides is 2. The molecule has 2 bridgehead atoms. The Bertz CT molecular complexity index is 533. The number of allylic oxidation sites excluding steroid dienone is 2. The van der Waals surface area contributed by atoms with E-state index in [4.69, 9.17) is 0 Å². The maximum Gasteiger partial charge on any atom is 0.238 e. The second-order valence-corrected chi connectivity index (χ2v) is 5.35. The number of anilines is 1. The van der Waals surface area contributed by atoms with Crippen molar-refractivity contribution in [3.63, 3.8) is 0 Å². The summed E-state index contributed by atoms with van der Waals surface area (Å²) in [4.78, 5) is 26.3. The number of imide groups is 1. The number of rotatable bonds is 1. The number of benzene rings is 1. The summed E-state index contributed by atoms with van der Waals surface area (Å²) >= 11 is 0. The first-order valence-corrected chi connectivity index (χ1v) is 6.38. The average molecular weight is 239 g/mol. The highest BCUT2D eigenvalue weighted by Crippen LogP contribution is 2.53. The third kappa shape index (κ3) is 1.09. The van der Waals surface area contributed by atoms with Crippen molar-refractivity contribution in [2.45, 2.75) is 6.42 Å². The summed E-state index contributed by atoms with van der Waals surface area (Å²) < 4.78 is 0. The molecule has 2 amide bonds. The molecule has 2 aliphatic carbocycles. The van der Waals surface area contributed by atoms with Crippen LogP contribution in [0.5, 0.6) is 0 Å². The van der Waals surface area contributed by atoms with Gasteiger partial charge in [0.05, 0.1) is 17.5 Å². The molecule has 1 aromatic rings. The molecule has 3 heteroatoms. The van der Waals surface area contributed by atoms with Crippen molar-refractivity contribution in [1.82, 2.24) is 0 Å². The minimum atomic E-state index is -0.104. The molecule has 0 N–H and O–H groups in total. The molecular weight excluding hydrogens is 226 g/mol. The Kier molecular flexibility index (Phi) is 1.85. The van der Waals surface area contributed by atoms with Gasteiger partial charge in [0.2, 0.25) is 11.8 Å². The maximum atomic E-state index is 12.5. The summed E-state index contributed by atoms with van der Waals surface area (Å²) in [5.74, 6) is 0.344. The Morgan fingerprint density at radius 1 is 0.889 bits per heavy atom. The highest BCUT2D eigenvalue weighted by molar-refractivity contribution is 6.22. The molecule has 0 spiro atoms. The topological polar surface area (TPSA) is 37.4 Å². The Balaban J connectivity index is 1.77. The number of hydrogen-bond donors (Lipinski definition) is 0. The van der Waals surface area contributed by atoms with E-state index < -0.39 is 0 Å². The van der Waals surface area contributed by atoms with E-state index in [-0.39, 0.29) is 35.5 Å². The van der Waals surface area contributed by atoms with Gasteiger partial charge in [0, 0.05) is 0 Å². The van der Waals surface area contributed by atoms with Crippen LogP contribution in [0.2, 0.25) is 0 Å². The largest absolute Gasteiger partial charge is 0.274 e. The molecule has 1 aromatic carbocycles. The molecule has 90 valence electrons. The van der Waals surface area contributed by atoms with Crippen molar-refractivity contribution in [3.05, 3.63) is 42.5 Å². The van der Waals surface area contributed by atoms with E-state index >= 15 is 0 Å². The summed E-state index contributed by atoms with van der Waals surface area (Å²) in [7, 11) is 0. The van der Waals surface area contributed by atoms with Crippen LogP contribution in [0.1, 0.15) is 6.42 Å². The number of carbonyl (C=O) groups excluding carboxylic acids is 2. The van der Waals surface area contributed by atoms with Crippen molar-refractivity contribution in [1.29, 1.82) is 0 Å². The lowest BCUT2D eigenvalue weighted by Gasteiger charge is -2.16. The minimum absolute atomic E-state index is 0.00644. The van der Waals surface area contributed by atoms with Gasteiger partial charge in [-0.25, -0.2) is 0 Å². The first kappa shape index (κ1) is 10.1. The van der Waals surface area contributed by atoms with Crippen LogP contribution in [0.4, 0.5) is 5.69 Å². The van der Waals surface area contributed by atoms with Gasteiger partial charge in [-0.2, -0.15) is 0 Å². The Morgan fingerprint density at radius 2 is 1.44 bits per heavy atom. The molecule has 0 unspecified atom stereocenters. The van der Waals surface area contributed by atoms with Gasteiger partial charge < -0.3 is 0 Å². The van der Waals surface area contributed by atoms with Gasteiger partial charge in [0.1, 0.15) is 0 Å². The predicted octanol–water partition coefficient (Wildman–Crippen LogP) is 2.00. The van der Waals surface area contributed by atoms with Crippen molar-refractivity contribution < 1.29 is 9.59 Å². The van der Waals surface area contributed by atoms with Crippen LogP contribution >= 0.6 is 0 Å². The third-order valence-electron chi connectivity index (χ3n) is 4.48. The van der Waals surface area contributed by atoms with E-state index in [2.05, 4.69) is 12.2 Å². The van der Waals surface area contributed by atoms with Gasteiger partial charge in [0.15, 0.2) is 0 Å². The lowest BCUT2D eigenvalue weighted by molar-refractivity contribution is -0.123. The number of nitrogens with zero attached hydrogens (tertiary/aromatic N) is 1. The quantitative estimate of drug-likeness (QED) is 0.555. The zero-order valence-corrected chi connectivity index (χ0v) is 9.82. The van der Waals surface area contributed by atoms with Gasteiger partial charge in [-0.3, -0.25) is 14.5 Å². The van der Waals surface area contributed by atoms with Crippen LogP contribution in [0, 0.1) is 23.7 Å². The fourth-order valence-electron chi connectivity index (χ4n) is 3.73. The Hall–Kier alpha value is -1.90. The second-order valence-electron chi connectivity index (χ2n) is 5.35. The standard InChI is InChI=1S/C15H13NO2/c17-14-12-9-6-7-10(8-9)13(12)15(18)16(14)11-4-2-1-3-5-11/h1-7,9-10,12-13H,8H2/t9-,10-,12-,13+/m0/s1. The van der Waals surface area contributed by atoms with Crippen LogP contribution in [-0.2, 0) is 9.59 Å². The molecular formula is C15H13NO2. The molecule has 3 aliphatic rings. The molecule has 1 saturated carbocycles. The highest BCUT2D eigenvalue weighted by Gasteiger charge is 2.59. The summed E-state index contributed by atoms with van der Waals surface area (Å²) in [6.45, 7) is 0. The summed E-state index contributed by atoms with van der Waals surface area (Å²) in [6.07, 6.45) is 5.21. The average Bonchev–Trinajstić information content (AvgIpc) is 3.05. The van der Waals surface area contributed by atoms with Crippen LogP contribution in [0.15, 0.2) is 42.5 Å². The number of carbonyl (C=O) groups is 2. The molecule has 3 nitrogen and oxygen atoms in total. The van der Waals surface area contributed by atoms with E-state index in [0.29, 0.717) is 5.69 Å². The molecule has 0 radical (unpaired) electrons. The SMILES string of the molecule is O=C1[C@@H]2[C@H](C(=O)N1c1ccccc1)[C@H]1C=C[C@H]2C1. The molecule has 4 atom stereocenters. The molecule has 4 rings (SSSR count). The fourth-order valence-corrected chi connectivity index (χ4v) is 3.73. The summed E-state index contributed by atoms with van der Waals surface area (Å²) in [5.41, 5.74) is 0.710. The molecule has 18 heavy (non-hydrogen) atoms. The van der Waals surface area contributed by atoms with Crippen LogP contribution in [-0.4, -0.2) is 11.8 Å². The van der Waals surface area contributed by atoms with E-state index in [1.165, 1.54) is 4.90 Å². The van der Waals surface area contributed by atoms with E-state index in [1.54, 1.807) is 0 Å². The zero-order chi connectivity index (χ0) is 12.3. The first-order valence-electron chi connectivity index (χ1n) is 6.38. The smallest absolute Gasteiger partial charge is 0.238 e. The molecule has 1 heterocycles. The van der Waals surface area contributed by atoms with Gasteiger partial charge in [-0.15, -0.1) is 0 Å². The van der Waals surface area contributed by atoms with Crippen molar-refractivity contribution >= 4 is 17.5 Å². The van der Waals surface area contributed by atoms with E-state index in [1.807, 2.05) is 30.3 Å². The van der Waals surface area contributed by atoms with Crippen molar-refractivity contribution in [3.8, 4) is 0 Å². The molecule has 1 saturated heterocycles. The molecule has 0 aromatic heterocycles. The molecule has 1 aliphatic heterocycles. The lowest BCUT2D eigenvalue weighted by atomic mass is 9.85. The Morgan fingerprint density at radius 3 is 2.00 bits per heavy atom. The van der Waals surface area contributed by atoms with Crippen molar-refractivity contribution in [2.75, 3.05) is 4.90 Å². The van der Waals surface area contributed by atoms with Gasteiger partial charge in [0.25, 0.3) is 0 Å². The first-order chi connectivity index (χ1) is 8.77. The fraction of sp³-hybridized carbons (Fsp3) is 0.333. The second kappa shape index (κ2) is 3.31. The maximum absolute atomic E-state index is 12.5. The van der Waals surface area contributed by atoms with Crippen LogP contribution < -0.4 is 4.90 Å². The van der Waals surface area contributed by atoms with Crippen LogP contribution in [0.3, 0.4) is 0 Å². The summed E-state index contributed by atoms with van der Waals surface area (Å²) in [5, 5.41) is 0. The normalized spacial score (nSPS) is 36.6. The zero-order valence-electron chi connectivity index (χ0n) is 9.82. The predicted molar refractivity (Wildman–Crippen MR) is 66.7 cm³/mol. The third-order valence-corrected chi connectivity index (χ3v) is 4.48. The minimum Gasteiger partial charge on any atom is -0.274 e. The number of para-hydroxylation sites is 1.